The first-order chi connectivity index (χ1) is 72.1. The summed E-state index contributed by atoms with van der Waals surface area (Å²) >= 11 is 20.9. The van der Waals surface area contributed by atoms with Gasteiger partial charge in [0, 0.05) is 132 Å². The van der Waals surface area contributed by atoms with Crippen molar-refractivity contribution in [2.75, 3.05) is 14.7 Å². The largest absolute Gasteiger partial charge is 0.310 e. The normalized spacial score (nSPS) is 12.6. The minimum absolute atomic E-state index is 0.0897. The predicted octanol–water partition coefficient (Wildman–Crippen LogP) is 39.8. The third kappa shape index (κ3) is 15.7. The monoisotopic (exact) mass is 1940 g/mol. The van der Waals surface area contributed by atoms with Crippen molar-refractivity contribution < 1.29 is 0 Å². The van der Waals surface area contributed by atoms with Crippen LogP contribution in [-0.2, 0) is 10.8 Å². The molecule has 28 rings (SSSR count). The Balaban J connectivity index is 0.000000112. The van der Waals surface area contributed by atoms with Crippen LogP contribution in [-0.4, -0.2) is 13.7 Å². The van der Waals surface area contributed by atoms with Crippen molar-refractivity contribution in [3.8, 4) is 72.7 Å². The molecule has 0 fully saturated rings. The maximum Gasteiger partial charge on any atom is 0.0619 e. The van der Waals surface area contributed by atoms with Crippen LogP contribution in [0.5, 0.6) is 0 Å². The average molecular weight is 1950 g/mol. The van der Waals surface area contributed by atoms with Gasteiger partial charge in [-0.1, -0.05) is 366 Å². The number of para-hydroxylation sites is 7. The van der Waals surface area contributed by atoms with Gasteiger partial charge in [-0.3, -0.25) is 0 Å². The first kappa shape index (κ1) is 89.6. The van der Waals surface area contributed by atoms with Crippen molar-refractivity contribution in [3.05, 3.63) is 553 Å². The third-order valence-electron chi connectivity index (χ3n) is 30.1. The van der Waals surface area contributed by atoms with Crippen LogP contribution >= 0.6 is 34.8 Å². The summed E-state index contributed by atoms with van der Waals surface area (Å²) in [5.74, 6) is 0. The molecule has 0 spiro atoms. The molecule has 0 radical (unpaired) electrons. The van der Waals surface area contributed by atoms with Gasteiger partial charge in [0.1, 0.15) is 0 Å². The second kappa shape index (κ2) is 36.7. The molecule has 0 amide bonds. The van der Waals surface area contributed by atoms with Crippen molar-refractivity contribution in [1.82, 2.24) is 13.7 Å². The van der Waals surface area contributed by atoms with Crippen molar-refractivity contribution >= 4 is 184 Å². The summed E-state index contributed by atoms with van der Waals surface area (Å²) in [4.78, 5) is 6.85. The lowest BCUT2D eigenvalue weighted by molar-refractivity contribution is 0.660. The average Bonchev–Trinajstić information content (AvgIpc) is 1.56. The fraction of sp³-hybridized carbons (Fsp3) is 0.0435. The van der Waals surface area contributed by atoms with Crippen LogP contribution < -0.4 is 14.7 Å². The maximum absolute atomic E-state index is 7.06. The molecule has 147 heavy (non-hydrogen) atoms. The van der Waals surface area contributed by atoms with E-state index in [-0.39, 0.29) is 10.8 Å². The Bertz CT molecular complexity index is 9580. The summed E-state index contributed by atoms with van der Waals surface area (Å²) in [6.45, 7) is 9.37. The Morgan fingerprint density at radius 2 is 0.490 bits per heavy atom. The van der Waals surface area contributed by atoms with Gasteiger partial charge >= 0.3 is 0 Å². The van der Waals surface area contributed by atoms with Crippen LogP contribution in [0.2, 0.25) is 15.1 Å². The molecule has 0 atom stereocenters. The lowest BCUT2D eigenvalue weighted by Gasteiger charge is -2.28. The number of nitrogens with zero attached hydrogens (tertiary/aromatic N) is 6. The van der Waals surface area contributed by atoms with Crippen molar-refractivity contribution in [2.24, 2.45) is 0 Å². The predicted molar refractivity (Wildman–Crippen MR) is 625 cm³/mol. The van der Waals surface area contributed by atoms with E-state index in [9.17, 15) is 0 Å². The van der Waals surface area contributed by atoms with Gasteiger partial charge in [0.25, 0.3) is 0 Å². The Kier molecular flexibility index (Phi) is 22.4. The number of rotatable bonds is 15. The molecule has 23 aromatic carbocycles. The number of hydrogen-bond donors (Lipinski definition) is 0. The quantitative estimate of drug-likeness (QED) is 0.102. The number of hydrogen-bond acceptors (Lipinski definition) is 3. The molecule has 3 heterocycles. The van der Waals surface area contributed by atoms with Gasteiger partial charge in [0.05, 0.1) is 33.1 Å². The van der Waals surface area contributed by atoms with Gasteiger partial charge in [-0.15, -0.1) is 0 Å². The zero-order valence-electron chi connectivity index (χ0n) is 81.4. The molecule has 2 aliphatic rings. The number of benzene rings is 23. The summed E-state index contributed by atoms with van der Waals surface area (Å²) in [5, 5.41) is 16.9. The molecule has 0 saturated heterocycles. The molecule has 0 unspecified atom stereocenters. The van der Waals surface area contributed by atoms with E-state index in [1.165, 1.54) is 148 Å². The number of anilines is 9. The minimum atomic E-state index is -0.109. The highest BCUT2D eigenvalue weighted by molar-refractivity contribution is 6.33. The molecule has 2 aliphatic carbocycles. The molecular formula is C138H97Cl3N6. The molecule has 9 heteroatoms. The highest BCUT2D eigenvalue weighted by atomic mass is 35.5. The zero-order chi connectivity index (χ0) is 98.7. The van der Waals surface area contributed by atoms with Crippen LogP contribution in [0.1, 0.15) is 49.9 Å². The van der Waals surface area contributed by atoms with Gasteiger partial charge in [-0.05, 0) is 317 Å². The fourth-order valence-corrected chi connectivity index (χ4v) is 24.1. The van der Waals surface area contributed by atoms with Crippen LogP contribution in [0.15, 0.2) is 516 Å². The second-order valence-corrected chi connectivity index (χ2v) is 40.8. The topological polar surface area (TPSA) is 24.5 Å². The molecule has 3 aromatic heterocycles. The fourth-order valence-electron chi connectivity index (χ4n) is 23.4. The molecule has 700 valence electrons. The highest BCUT2D eigenvalue weighted by Gasteiger charge is 2.38. The lowest BCUT2D eigenvalue weighted by Crippen LogP contribution is -2.16. The first-order valence-electron chi connectivity index (χ1n) is 50.2. The standard InChI is InChI=1S/2C49H35ClN2.C40H27ClN2/c1-49(2)44-20-12-11-19-41(44)42-24-23-38(31-45(42)49)51(36-14-5-3-6-15-36)39-28-34(27-35(50)30-39)33-22-25-46-43(29-33)48-40-18-10-9-13-32(40)21-26-47(48)52(46)37-16-7-4-8-17-37;1-49(2)45-20-12-11-19-41(45)42-25-23-38(31-46(42)49)52-47-26-22-33(29-44(47)43-24-21-32-13-9-10-18-40(32)48(43)52)34-27-35(50)30-39(28-34)51(36-14-5-3-6-15-36)37-16-7-4-8-17-37;41-31-24-30(25-35(27-31)42(32-13-4-1-5-14-32)33-15-6-2-7-16-33)29-21-22-38-37(26-29)40-36-19-11-10-12-28(36)20-23-39(40)43(38)34-17-8-3-9-18-34/h2*3-31H,1-2H3;1-27H. The van der Waals surface area contributed by atoms with Crippen molar-refractivity contribution in [2.45, 2.75) is 38.5 Å². The Morgan fingerprint density at radius 3 is 0.905 bits per heavy atom. The van der Waals surface area contributed by atoms with E-state index in [0.29, 0.717) is 15.1 Å². The summed E-state index contributed by atoms with van der Waals surface area (Å²) in [6, 6.07) is 185. The first-order valence-corrected chi connectivity index (χ1v) is 51.4. The van der Waals surface area contributed by atoms with E-state index in [2.05, 4.69) is 541 Å². The number of fused-ring (bicyclic) bond motifs is 21. The lowest BCUT2D eigenvalue weighted by atomic mass is 9.82. The Morgan fingerprint density at radius 1 is 0.177 bits per heavy atom. The van der Waals surface area contributed by atoms with Crippen molar-refractivity contribution in [3.63, 3.8) is 0 Å². The Labute approximate surface area is 869 Å². The molecule has 0 aliphatic heterocycles. The van der Waals surface area contributed by atoms with E-state index in [1.54, 1.807) is 0 Å². The van der Waals surface area contributed by atoms with Gasteiger partial charge in [-0.25, -0.2) is 0 Å². The summed E-state index contributed by atoms with van der Waals surface area (Å²) < 4.78 is 7.23. The van der Waals surface area contributed by atoms with Crippen LogP contribution in [0.25, 0.3) is 170 Å². The summed E-state index contributed by atoms with van der Waals surface area (Å²) in [5.41, 5.74) is 37.3. The van der Waals surface area contributed by atoms with E-state index in [1.807, 2.05) is 30.3 Å². The molecule has 6 nitrogen and oxygen atoms in total. The van der Waals surface area contributed by atoms with Gasteiger partial charge in [0.15, 0.2) is 0 Å². The number of halogens is 3. The SMILES string of the molecule is CC1(C)c2ccccc2-c2ccc(-n3c4ccc(-c5cc(Cl)cc(N(c6ccccc6)c6ccccc6)c5)cc4c4ccc5ccccc5c43)cc21.CC1(C)c2ccccc2-c2ccc(N(c3ccccc3)c3cc(Cl)cc(-c4ccc5c(c4)c4c6ccccc6ccc4n5-c4ccccc4)c3)cc21.Clc1cc(-c2ccc3c(c2)c2c4ccccc4ccc2n3-c2ccccc2)cc(N(c2ccccc2)c2ccccc2)c1. The molecule has 0 N–H and O–H groups in total. The van der Waals surface area contributed by atoms with Crippen LogP contribution in [0.4, 0.5) is 51.2 Å². The van der Waals surface area contributed by atoms with Crippen LogP contribution in [0.3, 0.4) is 0 Å². The van der Waals surface area contributed by atoms with Crippen LogP contribution in [0, 0.1) is 0 Å². The summed E-state index contributed by atoms with van der Waals surface area (Å²) in [7, 11) is 0. The second-order valence-electron chi connectivity index (χ2n) is 39.5. The van der Waals surface area contributed by atoms with Crippen molar-refractivity contribution in [1.29, 1.82) is 0 Å². The maximum atomic E-state index is 7.06. The van der Waals surface area contributed by atoms with Gasteiger partial charge in [-0.2, -0.15) is 0 Å². The minimum Gasteiger partial charge on any atom is -0.310 e. The third-order valence-corrected chi connectivity index (χ3v) is 30.8. The Hall–Kier alpha value is -17.5. The molecule has 26 aromatic rings. The van der Waals surface area contributed by atoms with E-state index >= 15 is 0 Å². The summed E-state index contributed by atoms with van der Waals surface area (Å²) in [6.07, 6.45) is 0. The van der Waals surface area contributed by atoms with E-state index in [0.717, 1.165) is 95.9 Å². The van der Waals surface area contributed by atoms with E-state index in [4.69, 9.17) is 34.8 Å². The van der Waals surface area contributed by atoms with E-state index < -0.39 is 0 Å². The van der Waals surface area contributed by atoms with Gasteiger partial charge in [0.2, 0.25) is 0 Å². The smallest absolute Gasteiger partial charge is 0.0619 e. The van der Waals surface area contributed by atoms with Gasteiger partial charge < -0.3 is 28.4 Å². The zero-order valence-corrected chi connectivity index (χ0v) is 83.7. The molecular weight excluding hydrogens is 1850 g/mol. The molecule has 0 bridgehead atoms. The molecule has 0 saturated carbocycles. The number of aromatic nitrogens is 3. The highest BCUT2D eigenvalue weighted by Crippen LogP contribution is 2.55.